The second-order valence-electron chi connectivity index (χ2n) is 5.66. The quantitative estimate of drug-likeness (QED) is 0.631. The minimum atomic E-state index is -0.138. The zero-order chi connectivity index (χ0) is 11.4. The molecule has 0 amide bonds. The molecule has 1 heterocycles. The van der Waals surface area contributed by atoms with Gasteiger partial charge in [-0.25, -0.2) is 0 Å². The van der Waals surface area contributed by atoms with Gasteiger partial charge in [-0.3, -0.25) is 0 Å². The first kappa shape index (κ1) is 13.9. The zero-order valence-corrected chi connectivity index (χ0v) is 10.6. The van der Waals surface area contributed by atoms with Crippen LogP contribution in [-0.4, -0.2) is 22.3 Å². The van der Waals surface area contributed by atoms with E-state index in [9.17, 15) is 5.11 Å². The molecule has 0 bridgehead atoms. The summed E-state index contributed by atoms with van der Waals surface area (Å²) in [6, 6.07) is 0. The maximum absolute atomic E-state index is 9.54. The van der Waals surface area contributed by atoms with Gasteiger partial charge in [0.2, 0.25) is 0 Å². The Bertz CT molecular complexity index is 148. The molecule has 2 heteroatoms. The maximum atomic E-state index is 9.54. The van der Waals surface area contributed by atoms with Crippen LogP contribution < -0.4 is 5.32 Å². The van der Waals surface area contributed by atoms with E-state index in [0.29, 0.717) is 0 Å². The second-order valence-corrected chi connectivity index (χ2v) is 5.66. The Hall–Kier alpha value is -0.0800. The van der Waals surface area contributed by atoms with E-state index in [-0.39, 0.29) is 17.2 Å². The third kappa shape index (κ3) is 5.61. The monoisotopic (exact) mass is 201 g/mol. The van der Waals surface area contributed by atoms with Crippen molar-refractivity contribution in [2.45, 2.75) is 78.0 Å². The standard InChI is InChI=1S/C9H19NO.C3H8/c1-8(2)5-7(11)6-9(3,4)10-8;1-3-2/h7,10-11H,5-6H2,1-4H3;3H2,1-2H3. The molecule has 0 aromatic heterocycles. The summed E-state index contributed by atoms with van der Waals surface area (Å²) in [5.41, 5.74) is 0.169. The van der Waals surface area contributed by atoms with Crippen molar-refractivity contribution in [3.63, 3.8) is 0 Å². The van der Waals surface area contributed by atoms with Gasteiger partial charge in [-0.1, -0.05) is 20.3 Å². The van der Waals surface area contributed by atoms with Gasteiger partial charge in [-0.05, 0) is 40.5 Å². The van der Waals surface area contributed by atoms with E-state index in [1.807, 2.05) is 0 Å². The molecule has 1 saturated heterocycles. The van der Waals surface area contributed by atoms with Gasteiger partial charge in [0.1, 0.15) is 0 Å². The average Bonchev–Trinajstić information content (AvgIpc) is 1.77. The maximum Gasteiger partial charge on any atom is 0.0575 e. The van der Waals surface area contributed by atoms with Gasteiger partial charge in [-0.15, -0.1) is 0 Å². The number of aliphatic hydroxyl groups excluding tert-OH is 1. The lowest BCUT2D eigenvalue weighted by molar-refractivity contribution is 0.0396. The molecule has 1 aliphatic heterocycles. The van der Waals surface area contributed by atoms with Crippen LogP contribution in [0.4, 0.5) is 0 Å². The van der Waals surface area contributed by atoms with Crippen LogP contribution in [0.2, 0.25) is 0 Å². The van der Waals surface area contributed by atoms with Crippen LogP contribution >= 0.6 is 0 Å². The molecule has 0 aromatic rings. The molecule has 1 aliphatic rings. The van der Waals surface area contributed by atoms with Gasteiger partial charge in [-0.2, -0.15) is 0 Å². The zero-order valence-electron chi connectivity index (χ0n) is 10.6. The molecule has 0 atom stereocenters. The normalized spacial score (nSPS) is 25.1. The highest BCUT2D eigenvalue weighted by Crippen LogP contribution is 2.27. The van der Waals surface area contributed by atoms with Crippen molar-refractivity contribution >= 4 is 0 Å². The number of aliphatic hydroxyl groups is 1. The average molecular weight is 201 g/mol. The summed E-state index contributed by atoms with van der Waals surface area (Å²) in [6.07, 6.45) is 2.83. The number of rotatable bonds is 0. The number of piperidine rings is 1. The van der Waals surface area contributed by atoms with E-state index in [4.69, 9.17) is 0 Å². The smallest absolute Gasteiger partial charge is 0.0575 e. The molecule has 1 fully saturated rings. The fourth-order valence-electron chi connectivity index (χ4n) is 2.27. The molecule has 0 radical (unpaired) electrons. The van der Waals surface area contributed by atoms with E-state index < -0.39 is 0 Å². The molecule has 2 N–H and O–H groups in total. The van der Waals surface area contributed by atoms with Crippen LogP contribution in [0.15, 0.2) is 0 Å². The van der Waals surface area contributed by atoms with E-state index >= 15 is 0 Å². The summed E-state index contributed by atoms with van der Waals surface area (Å²) in [6.45, 7) is 12.8. The Balaban J connectivity index is 0.000000500. The first-order valence-electron chi connectivity index (χ1n) is 5.70. The lowest BCUT2D eigenvalue weighted by Crippen LogP contribution is -2.59. The topological polar surface area (TPSA) is 32.3 Å². The lowest BCUT2D eigenvalue weighted by Gasteiger charge is -2.44. The van der Waals surface area contributed by atoms with Crippen molar-refractivity contribution in [1.29, 1.82) is 0 Å². The van der Waals surface area contributed by atoms with E-state index in [1.54, 1.807) is 0 Å². The molecule has 2 nitrogen and oxygen atoms in total. The molecule has 0 spiro atoms. The van der Waals surface area contributed by atoms with Crippen molar-refractivity contribution in [2.24, 2.45) is 0 Å². The highest BCUT2D eigenvalue weighted by Gasteiger charge is 2.36. The van der Waals surface area contributed by atoms with E-state index in [2.05, 4.69) is 46.9 Å². The van der Waals surface area contributed by atoms with E-state index in [1.165, 1.54) is 6.42 Å². The van der Waals surface area contributed by atoms with Crippen molar-refractivity contribution in [1.82, 2.24) is 5.32 Å². The van der Waals surface area contributed by atoms with Gasteiger partial charge in [0.05, 0.1) is 6.10 Å². The second kappa shape index (κ2) is 5.13. The SMILES string of the molecule is CC1(C)CC(O)CC(C)(C)N1.CCC. The summed E-state index contributed by atoms with van der Waals surface area (Å²) in [4.78, 5) is 0. The molecule has 86 valence electrons. The summed E-state index contributed by atoms with van der Waals surface area (Å²) >= 11 is 0. The van der Waals surface area contributed by atoms with Crippen LogP contribution in [0.5, 0.6) is 0 Å². The Morgan fingerprint density at radius 1 is 1.07 bits per heavy atom. The van der Waals surface area contributed by atoms with Gasteiger partial charge >= 0.3 is 0 Å². The summed E-state index contributed by atoms with van der Waals surface area (Å²) in [5, 5.41) is 13.0. The molecule has 0 aromatic carbocycles. The molecular weight excluding hydrogens is 174 g/mol. The highest BCUT2D eigenvalue weighted by molar-refractivity contribution is 4.96. The van der Waals surface area contributed by atoms with Gasteiger partial charge in [0.15, 0.2) is 0 Å². The van der Waals surface area contributed by atoms with Crippen LogP contribution in [0.3, 0.4) is 0 Å². The fourth-order valence-corrected chi connectivity index (χ4v) is 2.27. The predicted molar refractivity (Wildman–Crippen MR) is 62.5 cm³/mol. The summed E-state index contributed by atoms with van der Waals surface area (Å²) in [7, 11) is 0. The number of nitrogens with one attached hydrogen (secondary N) is 1. The molecule has 0 aliphatic carbocycles. The summed E-state index contributed by atoms with van der Waals surface area (Å²) < 4.78 is 0. The van der Waals surface area contributed by atoms with Crippen LogP contribution in [-0.2, 0) is 0 Å². The molecule has 0 unspecified atom stereocenters. The van der Waals surface area contributed by atoms with E-state index in [0.717, 1.165) is 12.8 Å². The van der Waals surface area contributed by atoms with Crippen LogP contribution in [0.25, 0.3) is 0 Å². The first-order chi connectivity index (χ1) is 6.22. The van der Waals surface area contributed by atoms with Crippen molar-refractivity contribution in [3.8, 4) is 0 Å². The molecule has 0 saturated carbocycles. The Kier molecular flexibility index (Phi) is 5.10. The fraction of sp³-hybridized carbons (Fsp3) is 1.00. The molecular formula is C12H27NO. The van der Waals surface area contributed by atoms with Gasteiger partial charge in [0.25, 0.3) is 0 Å². The third-order valence-electron chi connectivity index (χ3n) is 2.17. The Morgan fingerprint density at radius 3 is 1.57 bits per heavy atom. The third-order valence-corrected chi connectivity index (χ3v) is 2.17. The van der Waals surface area contributed by atoms with Gasteiger partial charge in [0, 0.05) is 11.1 Å². The minimum absolute atomic E-state index is 0.0845. The van der Waals surface area contributed by atoms with Crippen LogP contribution in [0.1, 0.15) is 60.8 Å². The van der Waals surface area contributed by atoms with Crippen molar-refractivity contribution < 1.29 is 5.11 Å². The molecule has 1 rings (SSSR count). The predicted octanol–water partition coefficient (Wildman–Crippen LogP) is 2.70. The largest absolute Gasteiger partial charge is 0.393 e. The Morgan fingerprint density at radius 2 is 1.36 bits per heavy atom. The minimum Gasteiger partial charge on any atom is -0.393 e. The van der Waals surface area contributed by atoms with Gasteiger partial charge < -0.3 is 10.4 Å². The van der Waals surface area contributed by atoms with Crippen molar-refractivity contribution in [3.05, 3.63) is 0 Å². The lowest BCUT2D eigenvalue weighted by atomic mass is 9.81. The number of hydrogen-bond donors (Lipinski definition) is 2. The first-order valence-corrected chi connectivity index (χ1v) is 5.70. The summed E-state index contributed by atoms with van der Waals surface area (Å²) in [5.74, 6) is 0. The van der Waals surface area contributed by atoms with Crippen LogP contribution in [0, 0.1) is 0 Å². The Labute approximate surface area is 89.1 Å². The highest BCUT2D eigenvalue weighted by atomic mass is 16.3. The molecule has 14 heavy (non-hydrogen) atoms. The number of hydrogen-bond acceptors (Lipinski definition) is 2. The van der Waals surface area contributed by atoms with Crippen molar-refractivity contribution in [2.75, 3.05) is 0 Å².